The maximum atomic E-state index is 12.4. The maximum absolute atomic E-state index is 12.4. The first-order chi connectivity index (χ1) is 15.2. The number of amides is 2. The Bertz CT molecular complexity index is 1050. The SMILES string of the molecule is C=CCN1C(=O)/C(=C/c2ccc(O[C@H](NC(=O)c3ccccc3)C(Cl)(Cl)Cl)cc2)SC1=S. The van der Waals surface area contributed by atoms with Gasteiger partial charge in [0.15, 0.2) is 0 Å². The van der Waals surface area contributed by atoms with E-state index in [1.165, 1.54) is 16.7 Å². The van der Waals surface area contributed by atoms with E-state index in [1.807, 2.05) is 0 Å². The van der Waals surface area contributed by atoms with E-state index < -0.39 is 15.9 Å². The molecule has 0 radical (unpaired) electrons. The largest absolute Gasteiger partial charge is 0.466 e. The zero-order chi connectivity index (χ0) is 23.3. The topological polar surface area (TPSA) is 58.6 Å². The molecule has 32 heavy (non-hydrogen) atoms. The summed E-state index contributed by atoms with van der Waals surface area (Å²) in [7, 11) is 0. The van der Waals surface area contributed by atoms with Crippen molar-refractivity contribution in [2.24, 2.45) is 0 Å². The smallest absolute Gasteiger partial charge is 0.266 e. The summed E-state index contributed by atoms with van der Waals surface area (Å²) in [6.07, 6.45) is 2.12. The average molecular weight is 528 g/mol. The van der Waals surface area contributed by atoms with Gasteiger partial charge in [-0.1, -0.05) is 95.2 Å². The molecule has 1 N–H and O–H groups in total. The summed E-state index contributed by atoms with van der Waals surface area (Å²) in [5, 5.41) is 2.58. The number of hydrogen-bond donors (Lipinski definition) is 1. The number of carbonyl (C=O) groups excluding carboxylic acids is 2. The second-order valence-electron chi connectivity index (χ2n) is 6.53. The van der Waals surface area contributed by atoms with Crippen LogP contribution in [0.3, 0.4) is 0 Å². The Labute approximate surface area is 210 Å². The molecule has 0 saturated carbocycles. The van der Waals surface area contributed by atoms with Gasteiger partial charge in [0.25, 0.3) is 11.8 Å². The second-order valence-corrected chi connectivity index (χ2v) is 10.6. The molecular formula is C22H17Cl3N2O3S2. The van der Waals surface area contributed by atoms with Crippen LogP contribution in [-0.4, -0.2) is 37.6 Å². The van der Waals surface area contributed by atoms with Crippen LogP contribution in [-0.2, 0) is 4.79 Å². The molecule has 5 nitrogen and oxygen atoms in total. The molecule has 3 rings (SSSR count). The fraction of sp³-hybridized carbons (Fsp3) is 0.136. The molecule has 1 aliphatic rings. The molecule has 2 aromatic rings. The Kier molecular flexibility index (Phi) is 8.25. The quantitative estimate of drug-likeness (QED) is 0.167. The first-order valence-electron chi connectivity index (χ1n) is 9.24. The van der Waals surface area contributed by atoms with Gasteiger partial charge in [0.2, 0.25) is 10.0 Å². The Balaban J connectivity index is 1.71. The zero-order valence-corrected chi connectivity index (χ0v) is 20.4. The van der Waals surface area contributed by atoms with E-state index in [1.54, 1.807) is 66.7 Å². The number of alkyl halides is 3. The van der Waals surface area contributed by atoms with Crippen molar-refractivity contribution in [3.63, 3.8) is 0 Å². The van der Waals surface area contributed by atoms with Gasteiger partial charge in [0.05, 0.1) is 4.91 Å². The van der Waals surface area contributed by atoms with Crippen LogP contribution in [0.15, 0.2) is 72.2 Å². The number of halogens is 3. The standard InChI is InChI=1S/C22H17Cl3N2O3S2/c1-2-12-27-19(29)17(32-21(27)31)13-14-8-10-16(11-9-14)30-20(22(23,24)25)26-18(28)15-6-4-3-5-7-15/h2-11,13,20H,1,12H2,(H,26,28)/b17-13-/t20-/m0/s1. The van der Waals surface area contributed by atoms with E-state index in [2.05, 4.69) is 11.9 Å². The number of thiocarbonyl (C=S) groups is 1. The van der Waals surface area contributed by atoms with Crippen molar-refractivity contribution in [2.75, 3.05) is 6.54 Å². The van der Waals surface area contributed by atoms with Crippen LogP contribution in [0.2, 0.25) is 0 Å². The highest BCUT2D eigenvalue weighted by molar-refractivity contribution is 8.26. The fourth-order valence-corrected chi connectivity index (χ4v) is 4.26. The molecule has 1 atom stereocenters. The lowest BCUT2D eigenvalue weighted by atomic mass is 10.2. The third-order valence-corrected chi connectivity index (χ3v) is 6.18. The molecule has 2 amide bonds. The number of nitrogens with zero attached hydrogens (tertiary/aromatic N) is 1. The highest BCUT2D eigenvalue weighted by atomic mass is 35.6. The summed E-state index contributed by atoms with van der Waals surface area (Å²) >= 11 is 24.5. The summed E-state index contributed by atoms with van der Waals surface area (Å²) in [6.45, 7) is 4.00. The van der Waals surface area contributed by atoms with Crippen molar-refractivity contribution in [1.29, 1.82) is 0 Å². The van der Waals surface area contributed by atoms with Crippen molar-refractivity contribution in [2.45, 2.75) is 10.0 Å². The van der Waals surface area contributed by atoms with Crippen LogP contribution in [0, 0.1) is 0 Å². The molecule has 166 valence electrons. The minimum atomic E-state index is -1.91. The zero-order valence-electron chi connectivity index (χ0n) is 16.5. The normalized spacial score (nSPS) is 16.2. The molecule has 0 aromatic heterocycles. The molecule has 1 aliphatic heterocycles. The van der Waals surface area contributed by atoms with Crippen molar-refractivity contribution in [3.05, 3.63) is 83.3 Å². The Morgan fingerprint density at radius 2 is 1.84 bits per heavy atom. The predicted octanol–water partition coefficient (Wildman–Crippen LogP) is 5.58. The van der Waals surface area contributed by atoms with Gasteiger partial charge in [-0.3, -0.25) is 14.5 Å². The van der Waals surface area contributed by atoms with Gasteiger partial charge in [-0.05, 0) is 35.9 Å². The van der Waals surface area contributed by atoms with E-state index in [0.717, 1.165) is 5.56 Å². The first-order valence-corrected chi connectivity index (χ1v) is 11.6. The van der Waals surface area contributed by atoms with Gasteiger partial charge in [0, 0.05) is 12.1 Å². The van der Waals surface area contributed by atoms with Crippen molar-refractivity contribution in [3.8, 4) is 5.75 Å². The Morgan fingerprint density at radius 1 is 1.19 bits per heavy atom. The number of benzene rings is 2. The average Bonchev–Trinajstić information content (AvgIpc) is 3.02. The van der Waals surface area contributed by atoms with Gasteiger partial charge in [-0.25, -0.2) is 0 Å². The molecule has 1 heterocycles. The molecule has 1 saturated heterocycles. The third-order valence-electron chi connectivity index (χ3n) is 4.21. The molecular weight excluding hydrogens is 511 g/mol. The van der Waals surface area contributed by atoms with Gasteiger partial charge in [-0.15, -0.1) is 6.58 Å². The number of hydrogen-bond acceptors (Lipinski definition) is 5. The third kappa shape index (κ3) is 6.27. The molecule has 0 aliphatic carbocycles. The van der Waals surface area contributed by atoms with Gasteiger partial charge >= 0.3 is 0 Å². The van der Waals surface area contributed by atoms with E-state index in [4.69, 9.17) is 51.8 Å². The predicted molar refractivity (Wildman–Crippen MR) is 135 cm³/mol. The number of nitrogens with one attached hydrogen (secondary N) is 1. The Hall–Kier alpha value is -2.03. The molecule has 1 fully saturated rings. The highest BCUT2D eigenvalue weighted by Gasteiger charge is 2.36. The van der Waals surface area contributed by atoms with Gasteiger partial charge < -0.3 is 10.1 Å². The fourth-order valence-electron chi connectivity index (χ4n) is 2.69. The van der Waals surface area contributed by atoms with E-state index in [-0.39, 0.29) is 5.91 Å². The van der Waals surface area contributed by atoms with Crippen molar-refractivity contribution >= 4 is 81.0 Å². The minimum absolute atomic E-state index is 0.167. The maximum Gasteiger partial charge on any atom is 0.266 e. The highest BCUT2D eigenvalue weighted by Crippen LogP contribution is 2.34. The molecule has 0 bridgehead atoms. The van der Waals surface area contributed by atoms with Crippen LogP contribution in [0.5, 0.6) is 5.75 Å². The summed E-state index contributed by atoms with van der Waals surface area (Å²) in [5.74, 6) is -0.244. The summed E-state index contributed by atoms with van der Waals surface area (Å²) in [6, 6.07) is 15.3. The summed E-state index contributed by atoms with van der Waals surface area (Å²) < 4.78 is 4.29. The minimum Gasteiger partial charge on any atom is -0.466 e. The monoisotopic (exact) mass is 526 g/mol. The van der Waals surface area contributed by atoms with Crippen LogP contribution in [0.4, 0.5) is 0 Å². The van der Waals surface area contributed by atoms with E-state index in [0.29, 0.717) is 27.1 Å². The van der Waals surface area contributed by atoms with Gasteiger partial charge in [-0.2, -0.15) is 0 Å². The lowest BCUT2D eigenvalue weighted by Crippen LogP contribution is -2.47. The lowest BCUT2D eigenvalue weighted by Gasteiger charge is -2.26. The van der Waals surface area contributed by atoms with Crippen LogP contribution >= 0.6 is 58.8 Å². The van der Waals surface area contributed by atoms with Crippen molar-refractivity contribution < 1.29 is 14.3 Å². The van der Waals surface area contributed by atoms with E-state index in [9.17, 15) is 9.59 Å². The van der Waals surface area contributed by atoms with Gasteiger partial charge in [0.1, 0.15) is 10.1 Å². The van der Waals surface area contributed by atoms with Crippen molar-refractivity contribution in [1.82, 2.24) is 10.2 Å². The second kappa shape index (κ2) is 10.7. The van der Waals surface area contributed by atoms with E-state index >= 15 is 0 Å². The number of rotatable bonds is 7. The van der Waals surface area contributed by atoms with Crippen LogP contribution in [0.1, 0.15) is 15.9 Å². The number of thioether (sulfide) groups is 1. The first kappa shape index (κ1) is 24.6. The van der Waals surface area contributed by atoms with Crippen LogP contribution in [0.25, 0.3) is 6.08 Å². The molecule has 0 spiro atoms. The molecule has 2 aromatic carbocycles. The number of carbonyl (C=O) groups is 2. The summed E-state index contributed by atoms with van der Waals surface area (Å²) in [5.41, 5.74) is 1.16. The summed E-state index contributed by atoms with van der Waals surface area (Å²) in [4.78, 5) is 26.9. The lowest BCUT2D eigenvalue weighted by molar-refractivity contribution is -0.121. The number of ether oxygens (including phenoxy) is 1. The molecule has 0 unspecified atom stereocenters. The Morgan fingerprint density at radius 3 is 2.44 bits per heavy atom. The molecule has 10 heteroatoms. The van der Waals surface area contributed by atoms with Crippen LogP contribution < -0.4 is 10.1 Å².